The van der Waals surface area contributed by atoms with Crippen molar-refractivity contribution in [3.8, 4) is 0 Å². The van der Waals surface area contributed by atoms with Gasteiger partial charge in [0, 0.05) is 11.6 Å². The second-order valence-corrected chi connectivity index (χ2v) is 5.57. The molecule has 0 aromatic heterocycles. The summed E-state index contributed by atoms with van der Waals surface area (Å²) in [5.41, 5.74) is 0.556. The molecule has 0 bridgehead atoms. The van der Waals surface area contributed by atoms with E-state index in [9.17, 15) is 9.59 Å². The van der Waals surface area contributed by atoms with E-state index in [1.165, 1.54) is 12.1 Å². The first-order valence-corrected chi connectivity index (χ1v) is 7.17. The molecule has 1 aromatic carbocycles. The molecule has 4 heteroatoms. The predicted molar refractivity (Wildman–Crippen MR) is 76.8 cm³/mol. The summed E-state index contributed by atoms with van der Waals surface area (Å²) in [7, 11) is 0. The molecule has 0 spiro atoms. The molecule has 0 heterocycles. The van der Waals surface area contributed by atoms with Gasteiger partial charge >= 0.3 is 5.97 Å². The van der Waals surface area contributed by atoms with Crippen molar-refractivity contribution in [1.82, 2.24) is 5.32 Å². The summed E-state index contributed by atoms with van der Waals surface area (Å²) in [4.78, 5) is 23.1. The lowest BCUT2D eigenvalue weighted by molar-refractivity contribution is 0.0697. The molecule has 1 fully saturated rings. The van der Waals surface area contributed by atoms with Gasteiger partial charge in [-0.15, -0.1) is 0 Å². The van der Waals surface area contributed by atoms with Crippen LogP contribution in [-0.2, 0) is 0 Å². The van der Waals surface area contributed by atoms with Gasteiger partial charge in [0.25, 0.3) is 5.91 Å². The highest BCUT2D eigenvalue weighted by Gasteiger charge is 2.32. The Labute approximate surface area is 119 Å². The first kappa shape index (κ1) is 14.6. The summed E-state index contributed by atoms with van der Waals surface area (Å²) in [6.45, 7) is 4.36. The SMILES string of the molecule is CCC1CCC(NC(=O)c2cccc(C(=O)O)c2)C1C. The molecular formula is C16H21NO3. The smallest absolute Gasteiger partial charge is 0.335 e. The second-order valence-electron chi connectivity index (χ2n) is 5.57. The maximum absolute atomic E-state index is 12.2. The number of aromatic carboxylic acids is 1. The lowest BCUT2D eigenvalue weighted by Crippen LogP contribution is -2.37. The summed E-state index contributed by atoms with van der Waals surface area (Å²) in [6, 6.07) is 6.36. The summed E-state index contributed by atoms with van der Waals surface area (Å²) >= 11 is 0. The largest absolute Gasteiger partial charge is 0.478 e. The van der Waals surface area contributed by atoms with E-state index in [0.29, 0.717) is 17.4 Å². The molecule has 20 heavy (non-hydrogen) atoms. The Hall–Kier alpha value is -1.84. The highest BCUT2D eigenvalue weighted by atomic mass is 16.4. The van der Waals surface area contributed by atoms with Crippen molar-refractivity contribution in [3.05, 3.63) is 35.4 Å². The van der Waals surface area contributed by atoms with Crippen LogP contribution in [0.2, 0.25) is 0 Å². The topological polar surface area (TPSA) is 66.4 Å². The number of carbonyl (C=O) groups excluding carboxylic acids is 1. The predicted octanol–water partition coefficient (Wildman–Crippen LogP) is 2.94. The molecule has 1 aromatic rings. The van der Waals surface area contributed by atoms with E-state index in [-0.39, 0.29) is 17.5 Å². The molecule has 1 saturated carbocycles. The minimum absolute atomic E-state index is 0.142. The average Bonchev–Trinajstić information content (AvgIpc) is 2.79. The zero-order valence-corrected chi connectivity index (χ0v) is 11.9. The minimum Gasteiger partial charge on any atom is -0.478 e. The van der Waals surface area contributed by atoms with Gasteiger partial charge in [0.1, 0.15) is 0 Å². The first-order valence-electron chi connectivity index (χ1n) is 7.17. The minimum atomic E-state index is -1.01. The third kappa shape index (κ3) is 3.00. The molecule has 2 N–H and O–H groups in total. The van der Waals surface area contributed by atoms with E-state index in [4.69, 9.17) is 5.11 Å². The van der Waals surface area contributed by atoms with Crippen molar-refractivity contribution in [2.75, 3.05) is 0 Å². The fraction of sp³-hybridized carbons (Fsp3) is 0.500. The van der Waals surface area contributed by atoms with E-state index < -0.39 is 5.97 Å². The van der Waals surface area contributed by atoms with Crippen molar-refractivity contribution >= 4 is 11.9 Å². The van der Waals surface area contributed by atoms with Gasteiger partial charge in [-0.05, 0) is 42.9 Å². The lowest BCUT2D eigenvalue weighted by Gasteiger charge is -2.21. The van der Waals surface area contributed by atoms with Crippen LogP contribution in [0.4, 0.5) is 0 Å². The van der Waals surface area contributed by atoms with E-state index in [1.54, 1.807) is 12.1 Å². The molecule has 2 rings (SSSR count). The van der Waals surface area contributed by atoms with Crippen molar-refractivity contribution in [3.63, 3.8) is 0 Å². The van der Waals surface area contributed by atoms with Crippen LogP contribution in [0.3, 0.4) is 0 Å². The quantitative estimate of drug-likeness (QED) is 0.887. The standard InChI is InChI=1S/C16H21NO3/c1-3-11-7-8-14(10(11)2)17-15(18)12-5-4-6-13(9-12)16(19)20/h4-6,9-11,14H,3,7-8H2,1-2H3,(H,17,18)(H,19,20). The maximum atomic E-state index is 12.2. The number of nitrogens with one attached hydrogen (secondary N) is 1. The molecular weight excluding hydrogens is 254 g/mol. The van der Waals surface area contributed by atoms with Gasteiger partial charge in [0.15, 0.2) is 0 Å². The van der Waals surface area contributed by atoms with Crippen molar-refractivity contribution < 1.29 is 14.7 Å². The number of carboxylic acid groups (broad SMARTS) is 1. The molecule has 3 unspecified atom stereocenters. The normalized spacial score (nSPS) is 25.4. The molecule has 1 aliphatic carbocycles. The van der Waals surface area contributed by atoms with Crippen molar-refractivity contribution in [2.45, 2.75) is 39.2 Å². The highest BCUT2D eigenvalue weighted by Crippen LogP contribution is 2.33. The lowest BCUT2D eigenvalue weighted by atomic mass is 9.93. The Morgan fingerprint density at radius 1 is 1.30 bits per heavy atom. The van der Waals surface area contributed by atoms with Crippen LogP contribution in [0, 0.1) is 11.8 Å². The number of hydrogen-bond acceptors (Lipinski definition) is 2. The number of carbonyl (C=O) groups is 2. The molecule has 1 amide bonds. The van der Waals surface area contributed by atoms with E-state index in [1.807, 2.05) is 0 Å². The number of amides is 1. The molecule has 1 aliphatic rings. The maximum Gasteiger partial charge on any atom is 0.335 e. The highest BCUT2D eigenvalue weighted by molar-refractivity contribution is 5.97. The third-order valence-electron chi connectivity index (χ3n) is 4.44. The molecule has 4 nitrogen and oxygen atoms in total. The fourth-order valence-corrected chi connectivity index (χ4v) is 3.07. The fourth-order valence-electron chi connectivity index (χ4n) is 3.07. The zero-order chi connectivity index (χ0) is 14.7. The first-order chi connectivity index (χ1) is 9.52. The van der Waals surface area contributed by atoms with Crippen LogP contribution in [0.15, 0.2) is 24.3 Å². The Morgan fingerprint density at radius 3 is 2.60 bits per heavy atom. The van der Waals surface area contributed by atoms with Gasteiger partial charge in [-0.3, -0.25) is 4.79 Å². The number of rotatable bonds is 4. The van der Waals surface area contributed by atoms with Gasteiger partial charge < -0.3 is 10.4 Å². The molecule has 0 radical (unpaired) electrons. The Morgan fingerprint density at radius 2 is 2.00 bits per heavy atom. The van der Waals surface area contributed by atoms with Crippen molar-refractivity contribution in [1.29, 1.82) is 0 Å². The summed E-state index contributed by atoms with van der Waals surface area (Å²) in [5.74, 6) is -0.0427. The summed E-state index contributed by atoms with van der Waals surface area (Å²) < 4.78 is 0. The zero-order valence-electron chi connectivity index (χ0n) is 11.9. The third-order valence-corrected chi connectivity index (χ3v) is 4.44. The molecule has 0 aliphatic heterocycles. The van der Waals surface area contributed by atoms with Crippen LogP contribution in [0.1, 0.15) is 53.8 Å². The number of carboxylic acids is 1. The Kier molecular flexibility index (Phi) is 4.42. The van der Waals surface area contributed by atoms with E-state index in [2.05, 4.69) is 19.2 Å². The van der Waals surface area contributed by atoms with E-state index in [0.717, 1.165) is 19.3 Å². The van der Waals surface area contributed by atoms with Gasteiger partial charge in [-0.1, -0.05) is 26.3 Å². The Balaban J connectivity index is 2.05. The van der Waals surface area contributed by atoms with Crippen LogP contribution in [0.25, 0.3) is 0 Å². The van der Waals surface area contributed by atoms with Gasteiger partial charge in [-0.25, -0.2) is 4.79 Å². The summed E-state index contributed by atoms with van der Waals surface area (Å²) in [5, 5.41) is 12.0. The average molecular weight is 275 g/mol. The van der Waals surface area contributed by atoms with E-state index >= 15 is 0 Å². The second kappa shape index (κ2) is 6.07. The summed E-state index contributed by atoms with van der Waals surface area (Å²) in [6.07, 6.45) is 3.30. The van der Waals surface area contributed by atoms with Crippen LogP contribution in [-0.4, -0.2) is 23.0 Å². The van der Waals surface area contributed by atoms with Crippen molar-refractivity contribution in [2.24, 2.45) is 11.8 Å². The van der Waals surface area contributed by atoms with Gasteiger partial charge in [0.05, 0.1) is 5.56 Å². The van der Waals surface area contributed by atoms with Gasteiger partial charge in [0.2, 0.25) is 0 Å². The molecule has 108 valence electrons. The molecule has 0 saturated heterocycles. The van der Waals surface area contributed by atoms with Gasteiger partial charge in [-0.2, -0.15) is 0 Å². The van der Waals surface area contributed by atoms with Crippen LogP contribution >= 0.6 is 0 Å². The number of benzene rings is 1. The van der Waals surface area contributed by atoms with Crippen LogP contribution < -0.4 is 5.32 Å². The molecule has 3 atom stereocenters. The Bertz CT molecular complexity index is 512. The number of hydrogen-bond donors (Lipinski definition) is 2. The monoisotopic (exact) mass is 275 g/mol. The van der Waals surface area contributed by atoms with Crippen LogP contribution in [0.5, 0.6) is 0 Å².